The molecule has 0 amide bonds. The van der Waals surface area contributed by atoms with E-state index in [1.165, 1.54) is 16.7 Å². The number of nitrogens with zero attached hydrogens (tertiary/aromatic N) is 5. The van der Waals surface area contributed by atoms with Crippen molar-refractivity contribution in [3.8, 4) is 11.8 Å². The molecule has 0 saturated heterocycles. The zero-order chi connectivity index (χ0) is 22.8. The highest BCUT2D eigenvalue weighted by molar-refractivity contribution is 14.1. The van der Waals surface area contributed by atoms with Crippen molar-refractivity contribution in [2.24, 2.45) is 0 Å². The molecule has 0 radical (unpaired) electrons. The largest absolute Gasteiger partial charge is 0.382 e. The van der Waals surface area contributed by atoms with Crippen molar-refractivity contribution in [2.45, 2.75) is 6.42 Å². The fourth-order valence-electron chi connectivity index (χ4n) is 3.30. The molecule has 0 spiro atoms. The lowest BCUT2D eigenvalue weighted by atomic mass is 10.2. The highest BCUT2D eigenvalue weighted by Gasteiger charge is 2.16. The second-order valence-electron chi connectivity index (χ2n) is 6.77. The molecule has 9 nitrogen and oxygen atoms in total. The maximum absolute atomic E-state index is 14.0. The summed E-state index contributed by atoms with van der Waals surface area (Å²) in [6, 6.07) is 13.5. The molecule has 4 rings (SSSR count). The van der Waals surface area contributed by atoms with Gasteiger partial charge in [-0.15, -0.1) is 0 Å². The van der Waals surface area contributed by atoms with Gasteiger partial charge in [0.15, 0.2) is 5.82 Å². The van der Waals surface area contributed by atoms with E-state index in [-0.39, 0.29) is 40.6 Å². The zero-order valence-electron chi connectivity index (χ0n) is 16.5. The number of nitrogen functional groups attached to an aromatic ring is 2. The summed E-state index contributed by atoms with van der Waals surface area (Å²) in [4.78, 5) is 25.8. The van der Waals surface area contributed by atoms with Crippen molar-refractivity contribution in [1.29, 1.82) is 5.26 Å². The molecule has 4 aromatic rings. The lowest BCUT2D eigenvalue weighted by Crippen LogP contribution is -2.26. The van der Waals surface area contributed by atoms with Crippen LogP contribution in [0, 0.1) is 20.7 Å². The standard InChI is InChI=1S/C21H16FIN8O/c22-11-8-13-17(15(23)9-11)28-16(31(20(13)32)12-4-2-1-3-5-12)6-7-27-19-14(10-24)18(25)29-21(26)30-19/h1-5,8-9H,6-7H2,(H5,25,26,27,29,30). The first-order valence-electron chi connectivity index (χ1n) is 9.42. The summed E-state index contributed by atoms with van der Waals surface area (Å²) >= 11 is 1.96. The number of nitriles is 1. The summed E-state index contributed by atoms with van der Waals surface area (Å²) in [5.41, 5.74) is 12.1. The molecule has 0 atom stereocenters. The van der Waals surface area contributed by atoms with E-state index < -0.39 is 5.82 Å². The van der Waals surface area contributed by atoms with Crippen LogP contribution >= 0.6 is 22.6 Å². The van der Waals surface area contributed by atoms with Crippen molar-refractivity contribution >= 4 is 51.1 Å². The van der Waals surface area contributed by atoms with Gasteiger partial charge in [0.2, 0.25) is 5.95 Å². The maximum Gasteiger partial charge on any atom is 0.266 e. The Hall–Kier alpha value is -3.79. The lowest BCUT2D eigenvalue weighted by Gasteiger charge is -2.15. The van der Waals surface area contributed by atoms with Crippen molar-refractivity contribution in [3.05, 3.63) is 73.6 Å². The molecular weight excluding hydrogens is 526 g/mol. The number of fused-ring (bicyclic) bond motifs is 1. The van der Waals surface area contributed by atoms with Crippen LogP contribution in [0.5, 0.6) is 0 Å². The van der Waals surface area contributed by atoms with Gasteiger partial charge < -0.3 is 16.8 Å². The Kier molecular flexibility index (Phi) is 5.87. The summed E-state index contributed by atoms with van der Waals surface area (Å²) in [5, 5.41) is 12.5. The van der Waals surface area contributed by atoms with E-state index in [0.29, 0.717) is 27.0 Å². The molecule has 0 fully saturated rings. The molecule has 0 aliphatic heterocycles. The summed E-state index contributed by atoms with van der Waals surface area (Å²) in [6.07, 6.45) is 0.294. The minimum atomic E-state index is -0.502. The third-order valence-corrected chi connectivity index (χ3v) is 5.50. The van der Waals surface area contributed by atoms with Crippen LogP contribution in [-0.4, -0.2) is 26.1 Å². The third-order valence-electron chi connectivity index (χ3n) is 4.68. The predicted octanol–water partition coefficient (Wildman–Crippen LogP) is 2.61. The number of benzene rings is 2. The van der Waals surface area contributed by atoms with E-state index in [9.17, 15) is 14.4 Å². The van der Waals surface area contributed by atoms with Gasteiger partial charge in [0.1, 0.15) is 29.1 Å². The molecule has 2 heterocycles. The highest BCUT2D eigenvalue weighted by Crippen LogP contribution is 2.21. The smallest absolute Gasteiger partial charge is 0.266 e. The Balaban J connectivity index is 1.77. The van der Waals surface area contributed by atoms with Crippen LogP contribution in [0.15, 0.2) is 47.3 Å². The number of halogens is 2. The molecule has 5 N–H and O–H groups in total. The molecule has 0 aliphatic carbocycles. The number of para-hydroxylation sites is 1. The average Bonchev–Trinajstić information content (AvgIpc) is 2.75. The minimum absolute atomic E-state index is 0.0240. The van der Waals surface area contributed by atoms with Crippen LogP contribution in [0.4, 0.5) is 22.0 Å². The van der Waals surface area contributed by atoms with Gasteiger partial charge >= 0.3 is 0 Å². The van der Waals surface area contributed by atoms with E-state index in [1.54, 1.807) is 24.3 Å². The van der Waals surface area contributed by atoms with Crippen LogP contribution in [-0.2, 0) is 6.42 Å². The van der Waals surface area contributed by atoms with Crippen molar-refractivity contribution < 1.29 is 4.39 Å². The SMILES string of the molecule is N#Cc1c(N)nc(N)nc1NCCc1nc2c(I)cc(F)cc2c(=O)n1-c1ccccc1. The first-order chi connectivity index (χ1) is 15.4. The molecule has 32 heavy (non-hydrogen) atoms. The topological polar surface area (TPSA) is 149 Å². The number of rotatable bonds is 5. The van der Waals surface area contributed by atoms with E-state index in [0.717, 1.165) is 0 Å². The number of hydrogen-bond donors (Lipinski definition) is 3. The Morgan fingerprint density at radius 3 is 2.62 bits per heavy atom. The molecule has 2 aromatic heterocycles. The van der Waals surface area contributed by atoms with Gasteiger partial charge in [0.25, 0.3) is 5.56 Å². The van der Waals surface area contributed by atoms with Crippen LogP contribution in [0.25, 0.3) is 16.6 Å². The van der Waals surface area contributed by atoms with Gasteiger partial charge in [-0.1, -0.05) is 18.2 Å². The second-order valence-corrected chi connectivity index (χ2v) is 7.93. The number of hydrogen-bond acceptors (Lipinski definition) is 8. The van der Waals surface area contributed by atoms with E-state index in [2.05, 4.69) is 20.3 Å². The predicted molar refractivity (Wildman–Crippen MR) is 128 cm³/mol. The molecular formula is C21H16FIN8O. The van der Waals surface area contributed by atoms with Crippen LogP contribution in [0.1, 0.15) is 11.4 Å². The summed E-state index contributed by atoms with van der Waals surface area (Å²) in [5.74, 6) is 0.0651. The van der Waals surface area contributed by atoms with Gasteiger partial charge in [-0.2, -0.15) is 15.2 Å². The quantitative estimate of drug-likeness (QED) is 0.326. The first kappa shape index (κ1) is 21.4. The Morgan fingerprint density at radius 1 is 1.16 bits per heavy atom. The van der Waals surface area contributed by atoms with Gasteiger partial charge in [0, 0.05) is 16.5 Å². The summed E-state index contributed by atoms with van der Waals surface area (Å²) < 4.78 is 16.0. The molecule has 0 saturated carbocycles. The second kappa shape index (κ2) is 8.75. The maximum atomic E-state index is 14.0. The number of anilines is 3. The van der Waals surface area contributed by atoms with Gasteiger partial charge in [0.05, 0.1) is 16.6 Å². The third kappa shape index (κ3) is 4.04. The zero-order valence-corrected chi connectivity index (χ0v) is 18.7. The van der Waals surface area contributed by atoms with Crippen LogP contribution in [0.2, 0.25) is 0 Å². The normalized spacial score (nSPS) is 10.8. The fraction of sp³-hybridized carbons (Fsp3) is 0.0952. The summed E-state index contributed by atoms with van der Waals surface area (Å²) in [6.45, 7) is 0.271. The van der Waals surface area contributed by atoms with Gasteiger partial charge in [-0.25, -0.2) is 9.37 Å². The Bertz CT molecular complexity index is 1430. The monoisotopic (exact) mass is 542 g/mol. The number of nitrogens with one attached hydrogen (secondary N) is 1. The van der Waals surface area contributed by atoms with Crippen molar-refractivity contribution in [3.63, 3.8) is 0 Å². The number of aromatic nitrogens is 4. The fourth-order valence-corrected chi connectivity index (χ4v) is 4.01. The molecule has 0 aliphatic rings. The Labute approximate surface area is 195 Å². The lowest BCUT2D eigenvalue weighted by molar-refractivity contribution is 0.628. The molecule has 11 heteroatoms. The molecule has 0 unspecified atom stereocenters. The van der Waals surface area contributed by atoms with Crippen molar-refractivity contribution in [2.75, 3.05) is 23.3 Å². The van der Waals surface area contributed by atoms with Crippen LogP contribution < -0.4 is 22.3 Å². The number of nitrogens with two attached hydrogens (primary N) is 2. The van der Waals surface area contributed by atoms with Crippen LogP contribution in [0.3, 0.4) is 0 Å². The molecule has 2 aromatic carbocycles. The molecule has 160 valence electrons. The minimum Gasteiger partial charge on any atom is -0.382 e. The van der Waals surface area contributed by atoms with E-state index >= 15 is 0 Å². The van der Waals surface area contributed by atoms with E-state index in [1.807, 2.05) is 34.7 Å². The summed E-state index contributed by atoms with van der Waals surface area (Å²) in [7, 11) is 0. The van der Waals surface area contributed by atoms with Gasteiger partial charge in [-0.3, -0.25) is 9.36 Å². The van der Waals surface area contributed by atoms with Crippen molar-refractivity contribution in [1.82, 2.24) is 19.5 Å². The molecule has 0 bridgehead atoms. The average molecular weight is 542 g/mol. The Morgan fingerprint density at radius 2 is 1.91 bits per heavy atom. The van der Waals surface area contributed by atoms with Gasteiger partial charge in [-0.05, 0) is 46.9 Å². The highest BCUT2D eigenvalue weighted by atomic mass is 127. The van der Waals surface area contributed by atoms with E-state index in [4.69, 9.17) is 11.5 Å². The first-order valence-corrected chi connectivity index (χ1v) is 10.5.